The van der Waals surface area contributed by atoms with Crippen LogP contribution in [0.1, 0.15) is 39.6 Å². The average Bonchev–Trinajstić information content (AvgIpc) is 3.48. The van der Waals surface area contributed by atoms with Gasteiger partial charge in [0.05, 0.1) is 22.1 Å². The van der Waals surface area contributed by atoms with Gasteiger partial charge < -0.3 is 15.5 Å². The van der Waals surface area contributed by atoms with E-state index < -0.39 is 42.6 Å². The Morgan fingerprint density at radius 2 is 2.03 bits per heavy atom. The van der Waals surface area contributed by atoms with Crippen molar-refractivity contribution in [3.63, 3.8) is 0 Å². The van der Waals surface area contributed by atoms with Gasteiger partial charge in [0.2, 0.25) is 5.91 Å². The third-order valence-electron chi connectivity index (χ3n) is 4.84. The van der Waals surface area contributed by atoms with Crippen LogP contribution in [0.3, 0.4) is 0 Å². The second kappa shape index (κ2) is 9.18. The number of thiophene rings is 1. The standard InChI is InChI=1S/C20H14BrF4N5O3S/c1-7-13(21)15(18(24)25)29-30(7)6-11(31)28-14-12-8(10-3-2-4-33-10)5-9(17(22)23)27-20(12)34-16(14)19(26)32/h2-5,17-18H,6H2,1H3,(H2,26,32)(H,28,31). The minimum Gasteiger partial charge on any atom is -0.464 e. The van der Waals surface area contributed by atoms with Crippen molar-refractivity contribution in [2.45, 2.75) is 26.3 Å². The highest BCUT2D eigenvalue weighted by Crippen LogP contribution is 2.42. The van der Waals surface area contributed by atoms with Crippen molar-refractivity contribution in [3.05, 3.63) is 50.9 Å². The van der Waals surface area contributed by atoms with E-state index >= 15 is 0 Å². The van der Waals surface area contributed by atoms with Gasteiger partial charge in [-0.3, -0.25) is 14.3 Å². The minimum absolute atomic E-state index is 0.0336. The Balaban J connectivity index is 1.80. The lowest BCUT2D eigenvalue weighted by Gasteiger charge is -2.10. The Hall–Kier alpha value is -3.26. The van der Waals surface area contributed by atoms with E-state index in [0.29, 0.717) is 0 Å². The number of furan rings is 1. The van der Waals surface area contributed by atoms with Gasteiger partial charge in [-0.15, -0.1) is 11.3 Å². The van der Waals surface area contributed by atoms with Crippen LogP contribution in [0, 0.1) is 6.92 Å². The first-order valence-corrected chi connectivity index (χ1v) is 11.1. The van der Waals surface area contributed by atoms with E-state index in [1.807, 2.05) is 0 Å². The maximum Gasteiger partial charge on any atom is 0.283 e. The lowest BCUT2D eigenvalue weighted by Crippen LogP contribution is -2.22. The van der Waals surface area contributed by atoms with Gasteiger partial charge in [0.25, 0.3) is 18.8 Å². The number of hydrogen-bond acceptors (Lipinski definition) is 6. The average molecular weight is 560 g/mol. The molecule has 0 bridgehead atoms. The van der Waals surface area contributed by atoms with Crippen molar-refractivity contribution in [1.82, 2.24) is 14.8 Å². The quantitative estimate of drug-likeness (QED) is 0.292. The van der Waals surface area contributed by atoms with Crippen LogP contribution in [-0.2, 0) is 11.3 Å². The zero-order valence-corrected chi connectivity index (χ0v) is 19.5. The number of primary amides is 1. The van der Waals surface area contributed by atoms with E-state index in [1.54, 1.807) is 6.07 Å². The molecule has 4 heterocycles. The van der Waals surface area contributed by atoms with Crippen molar-refractivity contribution >= 4 is 55.0 Å². The van der Waals surface area contributed by atoms with Crippen LogP contribution < -0.4 is 11.1 Å². The zero-order valence-electron chi connectivity index (χ0n) is 17.1. The molecule has 0 radical (unpaired) electrons. The molecule has 4 aromatic rings. The number of nitrogens with one attached hydrogen (secondary N) is 1. The van der Waals surface area contributed by atoms with Crippen molar-refractivity contribution in [2.75, 3.05) is 5.32 Å². The third kappa shape index (κ3) is 4.30. The fourth-order valence-corrected chi connectivity index (χ4v) is 4.78. The van der Waals surface area contributed by atoms with Gasteiger partial charge in [-0.25, -0.2) is 22.5 Å². The number of pyridine rings is 1. The molecule has 34 heavy (non-hydrogen) atoms. The normalized spacial score (nSPS) is 11.6. The highest BCUT2D eigenvalue weighted by Gasteiger charge is 2.27. The van der Waals surface area contributed by atoms with Gasteiger partial charge in [0.1, 0.15) is 33.4 Å². The van der Waals surface area contributed by atoms with Crippen LogP contribution in [0.25, 0.3) is 21.5 Å². The molecule has 0 unspecified atom stereocenters. The lowest BCUT2D eigenvalue weighted by molar-refractivity contribution is -0.116. The minimum atomic E-state index is -2.90. The molecule has 8 nitrogen and oxygen atoms in total. The highest BCUT2D eigenvalue weighted by molar-refractivity contribution is 9.10. The Morgan fingerprint density at radius 3 is 2.59 bits per heavy atom. The molecule has 0 aromatic carbocycles. The number of nitrogens with zero attached hydrogens (tertiary/aromatic N) is 3. The number of halogens is 5. The summed E-state index contributed by atoms with van der Waals surface area (Å²) in [6, 6.07) is 4.17. The van der Waals surface area contributed by atoms with Crippen molar-refractivity contribution < 1.29 is 31.6 Å². The number of amides is 2. The second-order valence-electron chi connectivity index (χ2n) is 7.01. The van der Waals surface area contributed by atoms with Gasteiger partial charge in [0.15, 0.2) is 0 Å². The maximum atomic E-state index is 13.4. The lowest BCUT2D eigenvalue weighted by atomic mass is 10.1. The van der Waals surface area contributed by atoms with E-state index in [2.05, 4.69) is 31.3 Å². The largest absolute Gasteiger partial charge is 0.464 e. The molecule has 4 rings (SSSR count). The molecule has 0 atom stereocenters. The highest BCUT2D eigenvalue weighted by atomic mass is 79.9. The Labute approximate surface area is 200 Å². The summed E-state index contributed by atoms with van der Waals surface area (Å²) in [5, 5.41) is 6.46. The number of carbonyl (C=O) groups excluding carboxylic acids is 2. The van der Waals surface area contributed by atoms with E-state index in [1.165, 1.54) is 19.3 Å². The van der Waals surface area contributed by atoms with Gasteiger partial charge in [-0.05, 0) is 41.1 Å². The predicted octanol–water partition coefficient (Wildman–Crippen LogP) is 5.44. The number of alkyl halides is 4. The summed E-state index contributed by atoms with van der Waals surface area (Å²) in [6.07, 6.45) is -4.42. The van der Waals surface area contributed by atoms with E-state index in [0.717, 1.165) is 22.1 Å². The summed E-state index contributed by atoms with van der Waals surface area (Å²) < 4.78 is 59.6. The molecule has 178 valence electrons. The number of nitrogens with two attached hydrogens (primary N) is 1. The van der Waals surface area contributed by atoms with Crippen LogP contribution in [0.2, 0.25) is 0 Å². The summed E-state index contributed by atoms with van der Waals surface area (Å²) >= 11 is 3.76. The van der Waals surface area contributed by atoms with Crippen LogP contribution >= 0.6 is 27.3 Å². The Morgan fingerprint density at radius 1 is 1.29 bits per heavy atom. The molecule has 2 amide bonds. The maximum absolute atomic E-state index is 13.4. The smallest absolute Gasteiger partial charge is 0.283 e. The summed E-state index contributed by atoms with van der Waals surface area (Å²) in [5.74, 6) is -1.43. The molecule has 0 fully saturated rings. The molecule has 0 saturated heterocycles. The zero-order chi connectivity index (χ0) is 24.7. The third-order valence-corrected chi connectivity index (χ3v) is 6.92. The van der Waals surface area contributed by atoms with Gasteiger partial charge >= 0.3 is 0 Å². The Kier molecular flexibility index (Phi) is 6.45. The fraction of sp³-hybridized carbons (Fsp3) is 0.200. The van der Waals surface area contributed by atoms with Gasteiger partial charge in [-0.2, -0.15) is 5.10 Å². The monoisotopic (exact) mass is 559 g/mol. The fourth-order valence-electron chi connectivity index (χ4n) is 3.30. The second-order valence-corrected chi connectivity index (χ2v) is 8.81. The SMILES string of the molecule is Cc1c(Br)c(C(F)F)nn1CC(=O)Nc1c(C(N)=O)sc2nc(C(F)F)cc(-c3ccco3)c12. The van der Waals surface area contributed by atoms with Crippen molar-refractivity contribution in [2.24, 2.45) is 5.73 Å². The number of hydrogen-bond donors (Lipinski definition) is 2. The number of carbonyl (C=O) groups is 2. The van der Waals surface area contributed by atoms with Crippen molar-refractivity contribution in [1.29, 1.82) is 0 Å². The summed E-state index contributed by atoms with van der Waals surface area (Å²) in [7, 11) is 0. The van der Waals surface area contributed by atoms with Gasteiger partial charge in [-0.1, -0.05) is 0 Å². The molecule has 3 N–H and O–H groups in total. The number of aromatic nitrogens is 3. The van der Waals surface area contributed by atoms with E-state index in [9.17, 15) is 27.2 Å². The molecule has 0 spiro atoms. The summed E-state index contributed by atoms with van der Waals surface area (Å²) in [6.45, 7) is 1.03. The first kappa shape index (κ1) is 23.9. The predicted molar refractivity (Wildman–Crippen MR) is 119 cm³/mol. The molecule has 4 aromatic heterocycles. The van der Waals surface area contributed by atoms with Gasteiger partial charge in [0, 0.05) is 10.9 Å². The molecule has 0 aliphatic carbocycles. The molecule has 0 aliphatic heterocycles. The summed E-state index contributed by atoms with van der Waals surface area (Å²) in [4.78, 5) is 28.7. The number of fused-ring (bicyclic) bond motifs is 1. The molecule has 0 aliphatic rings. The van der Waals surface area contributed by atoms with Crippen LogP contribution in [0.4, 0.5) is 23.2 Å². The first-order chi connectivity index (χ1) is 16.1. The Bertz CT molecular complexity index is 1400. The molecular weight excluding hydrogens is 546 g/mol. The molecule has 14 heteroatoms. The van der Waals surface area contributed by atoms with E-state index in [4.69, 9.17) is 10.2 Å². The topological polar surface area (TPSA) is 116 Å². The van der Waals surface area contributed by atoms with Crippen LogP contribution in [-0.4, -0.2) is 26.6 Å². The first-order valence-electron chi connectivity index (χ1n) is 9.48. The molecular formula is C20H14BrF4N5O3S. The number of anilines is 1. The van der Waals surface area contributed by atoms with E-state index in [-0.39, 0.29) is 42.3 Å². The summed E-state index contributed by atoms with van der Waals surface area (Å²) in [5.41, 5.74) is 4.81. The van der Waals surface area contributed by atoms with Crippen LogP contribution in [0.5, 0.6) is 0 Å². The van der Waals surface area contributed by atoms with Crippen LogP contribution in [0.15, 0.2) is 33.4 Å². The number of rotatable bonds is 7. The molecule has 0 saturated carbocycles. The van der Waals surface area contributed by atoms with Crippen molar-refractivity contribution in [3.8, 4) is 11.3 Å².